The van der Waals surface area contributed by atoms with Gasteiger partial charge in [0.2, 0.25) is 0 Å². The Labute approximate surface area is 99.1 Å². The van der Waals surface area contributed by atoms with E-state index in [-0.39, 0.29) is 18.6 Å². The summed E-state index contributed by atoms with van der Waals surface area (Å²) in [7, 11) is 1.60. The average Bonchev–Trinajstić information content (AvgIpc) is 2.79. The number of hydrogen-bond donors (Lipinski definition) is 2. The van der Waals surface area contributed by atoms with Gasteiger partial charge in [-0.1, -0.05) is 0 Å². The van der Waals surface area contributed by atoms with Crippen LogP contribution in [0.3, 0.4) is 0 Å². The van der Waals surface area contributed by atoms with Gasteiger partial charge in [-0.3, -0.25) is 4.79 Å². The Balaban J connectivity index is 2.48. The highest BCUT2D eigenvalue weighted by Crippen LogP contribution is 2.18. The summed E-state index contributed by atoms with van der Waals surface area (Å²) in [5, 5.41) is 11.7. The van der Waals surface area contributed by atoms with E-state index in [1.807, 2.05) is 17.6 Å². The Morgan fingerprint density at radius 1 is 1.59 bits per heavy atom. The number of fused-ring (bicyclic) bond motifs is 1. The SMILES string of the molecule is CNC(=O)c1ccc2c(c1)ncn2[C@@H](C)CO. The van der Waals surface area contributed by atoms with Crippen molar-refractivity contribution in [2.45, 2.75) is 13.0 Å². The Morgan fingerprint density at radius 3 is 3.00 bits per heavy atom. The Bertz CT molecular complexity index is 548. The number of rotatable bonds is 3. The second kappa shape index (κ2) is 4.55. The zero-order valence-electron chi connectivity index (χ0n) is 9.84. The monoisotopic (exact) mass is 233 g/mol. The molecule has 90 valence electrons. The molecular weight excluding hydrogens is 218 g/mol. The van der Waals surface area contributed by atoms with Gasteiger partial charge in [0.15, 0.2) is 0 Å². The second-order valence-electron chi connectivity index (χ2n) is 3.97. The fourth-order valence-electron chi connectivity index (χ4n) is 1.76. The van der Waals surface area contributed by atoms with Crippen molar-refractivity contribution in [2.24, 2.45) is 0 Å². The molecule has 0 saturated carbocycles. The number of hydrogen-bond acceptors (Lipinski definition) is 3. The number of aliphatic hydroxyl groups is 1. The van der Waals surface area contributed by atoms with Gasteiger partial charge in [0.25, 0.3) is 5.91 Å². The number of aromatic nitrogens is 2. The first-order valence-corrected chi connectivity index (χ1v) is 5.47. The molecule has 0 spiro atoms. The first-order chi connectivity index (χ1) is 8.17. The number of nitrogens with one attached hydrogen (secondary N) is 1. The van der Waals surface area contributed by atoms with E-state index in [1.165, 1.54) is 0 Å². The topological polar surface area (TPSA) is 67.2 Å². The second-order valence-corrected chi connectivity index (χ2v) is 3.97. The van der Waals surface area contributed by atoms with Crippen LogP contribution >= 0.6 is 0 Å². The van der Waals surface area contributed by atoms with Gasteiger partial charge in [0.1, 0.15) is 0 Å². The summed E-state index contributed by atoms with van der Waals surface area (Å²) in [6.45, 7) is 1.97. The molecule has 2 rings (SSSR count). The van der Waals surface area contributed by atoms with E-state index in [1.54, 1.807) is 25.5 Å². The lowest BCUT2D eigenvalue weighted by molar-refractivity contribution is 0.0963. The molecule has 5 heteroatoms. The van der Waals surface area contributed by atoms with Gasteiger partial charge < -0.3 is 15.0 Å². The van der Waals surface area contributed by atoms with Crippen molar-refractivity contribution in [1.82, 2.24) is 14.9 Å². The highest BCUT2D eigenvalue weighted by molar-refractivity contribution is 5.97. The molecule has 0 radical (unpaired) electrons. The third kappa shape index (κ3) is 2.01. The largest absolute Gasteiger partial charge is 0.394 e. The minimum Gasteiger partial charge on any atom is -0.394 e. The Morgan fingerprint density at radius 2 is 2.35 bits per heavy atom. The molecule has 0 saturated heterocycles. The number of nitrogens with zero attached hydrogens (tertiary/aromatic N) is 2. The maximum atomic E-state index is 11.5. The summed E-state index contributed by atoms with van der Waals surface area (Å²) < 4.78 is 1.89. The zero-order valence-corrected chi connectivity index (χ0v) is 9.84. The number of amides is 1. The number of benzene rings is 1. The molecular formula is C12H15N3O2. The third-order valence-corrected chi connectivity index (χ3v) is 2.80. The fourth-order valence-corrected chi connectivity index (χ4v) is 1.76. The van der Waals surface area contributed by atoms with Gasteiger partial charge in [0, 0.05) is 12.6 Å². The smallest absolute Gasteiger partial charge is 0.251 e. The van der Waals surface area contributed by atoms with Crippen molar-refractivity contribution in [2.75, 3.05) is 13.7 Å². The van der Waals surface area contributed by atoms with Crippen LogP contribution in [0.5, 0.6) is 0 Å². The van der Waals surface area contributed by atoms with Crippen LogP contribution in [-0.4, -0.2) is 34.2 Å². The van der Waals surface area contributed by atoms with Crippen LogP contribution in [0.15, 0.2) is 24.5 Å². The lowest BCUT2D eigenvalue weighted by atomic mass is 10.2. The van der Waals surface area contributed by atoms with E-state index in [4.69, 9.17) is 5.11 Å². The van der Waals surface area contributed by atoms with Crippen molar-refractivity contribution in [3.8, 4) is 0 Å². The highest BCUT2D eigenvalue weighted by atomic mass is 16.3. The highest BCUT2D eigenvalue weighted by Gasteiger charge is 2.10. The van der Waals surface area contributed by atoms with Gasteiger partial charge in [0.05, 0.1) is 30.0 Å². The normalized spacial score (nSPS) is 12.6. The Kier molecular flexibility index (Phi) is 3.10. The van der Waals surface area contributed by atoms with Crippen molar-refractivity contribution < 1.29 is 9.90 Å². The quantitative estimate of drug-likeness (QED) is 0.829. The maximum absolute atomic E-state index is 11.5. The van der Waals surface area contributed by atoms with Gasteiger partial charge in [-0.2, -0.15) is 0 Å². The van der Waals surface area contributed by atoms with Gasteiger partial charge in [-0.05, 0) is 25.1 Å². The fraction of sp³-hybridized carbons (Fsp3) is 0.333. The van der Waals surface area contributed by atoms with Crippen molar-refractivity contribution in [3.63, 3.8) is 0 Å². The van der Waals surface area contributed by atoms with Crippen LogP contribution < -0.4 is 5.32 Å². The summed E-state index contributed by atoms with van der Waals surface area (Å²) in [5.41, 5.74) is 2.26. The number of carbonyl (C=O) groups excluding carboxylic acids is 1. The molecule has 2 aromatic rings. The number of carbonyl (C=O) groups is 1. The molecule has 2 N–H and O–H groups in total. The first kappa shape index (κ1) is 11.6. The predicted molar refractivity (Wildman–Crippen MR) is 64.9 cm³/mol. The summed E-state index contributed by atoms with van der Waals surface area (Å²) in [6.07, 6.45) is 1.68. The molecule has 1 atom stereocenters. The van der Waals surface area contributed by atoms with Gasteiger partial charge in [-0.25, -0.2) is 4.98 Å². The van der Waals surface area contributed by atoms with E-state index in [0.29, 0.717) is 5.56 Å². The zero-order chi connectivity index (χ0) is 12.4. The molecule has 0 aliphatic rings. The van der Waals surface area contributed by atoms with E-state index < -0.39 is 0 Å². The van der Waals surface area contributed by atoms with E-state index in [9.17, 15) is 4.79 Å². The first-order valence-electron chi connectivity index (χ1n) is 5.47. The summed E-state index contributed by atoms with van der Waals surface area (Å²) >= 11 is 0. The molecule has 0 unspecified atom stereocenters. The van der Waals surface area contributed by atoms with Crippen LogP contribution in [0, 0.1) is 0 Å². The van der Waals surface area contributed by atoms with E-state index in [0.717, 1.165) is 11.0 Å². The lowest BCUT2D eigenvalue weighted by Crippen LogP contribution is -2.17. The molecule has 1 aromatic carbocycles. The molecule has 1 amide bonds. The minimum atomic E-state index is -0.128. The van der Waals surface area contributed by atoms with Crippen LogP contribution in [0.4, 0.5) is 0 Å². The predicted octanol–water partition coefficient (Wildman–Crippen LogP) is 0.949. The summed E-state index contributed by atoms with van der Waals surface area (Å²) in [4.78, 5) is 15.7. The average molecular weight is 233 g/mol. The van der Waals surface area contributed by atoms with Crippen LogP contribution in [0.25, 0.3) is 11.0 Å². The molecule has 1 heterocycles. The molecule has 5 nitrogen and oxygen atoms in total. The molecule has 0 fully saturated rings. The van der Waals surface area contributed by atoms with Crippen molar-refractivity contribution >= 4 is 16.9 Å². The van der Waals surface area contributed by atoms with E-state index in [2.05, 4.69) is 10.3 Å². The Hall–Kier alpha value is -1.88. The standard InChI is InChI=1S/C12H15N3O2/c1-8(6-16)15-7-14-10-5-9(12(17)13-2)3-4-11(10)15/h3-5,7-8,16H,6H2,1-2H3,(H,13,17)/t8-/m0/s1. The van der Waals surface area contributed by atoms with Crippen LogP contribution in [0.2, 0.25) is 0 Å². The van der Waals surface area contributed by atoms with Gasteiger partial charge in [-0.15, -0.1) is 0 Å². The number of imidazole rings is 1. The molecule has 1 aromatic heterocycles. The lowest BCUT2D eigenvalue weighted by Gasteiger charge is -2.10. The molecule has 0 aliphatic carbocycles. The van der Waals surface area contributed by atoms with Crippen molar-refractivity contribution in [3.05, 3.63) is 30.1 Å². The third-order valence-electron chi connectivity index (χ3n) is 2.80. The maximum Gasteiger partial charge on any atom is 0.251 e. The van der Waals surface area contributed by atoms with Crippen LogP contribution in [-0.2, 0) is 0 Å². The van der Waals surface area contributed by atoms with Crippen LogP contribution in [0.1, 0.15) is 23.3 Å². The van der Waals surface area contributed by atoms with E-state index >= 15 is 0 Å². The minimum absolute atomic E-state index is 0.0224. The molecule has 0 bridgehead atoms. The number of aliphatic hydroxyl groups excluding tert-OH is 1. The molecule has 17 heavy (non-hydrogen) atoms. The summed E-state index contributed by atoms with van der Waals surface area (Å²) in [5.74, 6) is -0.128. The summed E-state index contributed by atoms with van der Waals surface area (Å²) in [6, 6.07) is 5.32. The van der Waals surface area contributed by atoms with Gasteiger partial charge >= 0.3 is 0 Å². The van der Waals surface area contributed by atoms with Crippen molar-refractivity contribution in [1.29, 1.82) is 0 Å². The molecule has 0 aliphatic heterocycles.